The molecule has 1 aromatic heterocycles. The maximum Gasteiger partial charge on any atom is 0.418 e. The van der Waals surface area contributed by atoms with Crippen LogP contribution in [0.2, 0.25) is 0 Å². The number of benzene rings is 1. The van der Waals surface area contributed by atoms with Gasteiger partial charge in [-0.3, -0.25) is 19.3 Å². The van der Waals surface area contributed by atoms with E-state index in [2.05, 4.69) is 10.3 Å². The standard InChI is InChI=1S/C20H21F3N4O3/c1-13(28)14-10-17(24-11-14)19(30)27-8-6-26(7-9-27)12-18(29)25-16-5-3-2-4-15(16)20(21,22)23/h2-5,10-11,24H,6-9,12H2,1H3,(H,25,29). The van der Waals surface area contributed by atoms with Gasteiger partial charge in [0.05, 0.1) is 17.8 Å². The SMILES string of the molecule is CC(=O)c1c[nH]c(C(=O)N2CCN(CC(=O)Nc3ccccc3C(F)(F)F)CC2)c1. The first-order valence-corrected chi connectivity index (χ1v) is 9.32. The molecule has 0 unspecified atom stereocenters. The average Bonchev–Trinajstić information content (AvgIpc) is 3.18. The Morgan fingerprint density at radius 1 is 1.10 bits per heavy atom. The molecule has 0 aliphatic carbocycles. The molecule has 1 aromatic carbocycles. The topological polar surface area (TPSA) is 85.5 Å². The van der Waals surface area contributed by atoms with Crippen LogP contribution in [0.1, 0.15) is 33.3 Å². The average molecular weight is 422 g/mol. The number of aromatic amines is 1. The van der Waals surface area contributed by atoms with Crippen LogP contribution < -0.4 is 5.32 Å². The Hall–Kier alpha value is -3.14. The van der Waals surface area contributed by atoms with Gasteiger partial charge in [0.2, 0.25) is 5.91 Å². The molecule has 0 bridgehead atoms. The minimum absolute atomic E-state index is 0.0782. The number of anilines is 1. The Bertz CT molecular complexity index is 947. The molecular formula is C20H21F3N4O3. The Balaban J connectivity index is 1.53. The predicted molar refractivity (Wildman–Crippen MR) is 103 cm³/mol. The highest BCUT2D eigenvalue weighted by Gasteiger charge is 2.33. The van der Waals surface area contributed by atoms with Gasteiger partial charge in [-0.05, 0) is 25.1 Å². The summed E-state index contributed by atoms with van der Waals surface area (Å²) in [6.45, 7) is 2.86. The number of halogens is 3. The normalized spacial score (nSPS) is 15.1. The molecule has 1 fully saturated rings. The Morgan fingerprint density at radius 3 is 2.37 bits per heavy atom. The summed E-state index contributed by atoms with van der Waals surface area (Å²) in [6, 6.07) is 6.31. The third-order valence-corrected chi connectivity index (χ3v) is 4.85. The van der Waals surface area contributed by atoms with E-state index < -0.39 is 17.6 Å². The van der Waals surface area contributed by atoms with Gasteiger partial charge in [-0.1, -0.05) is 12.1 Å². The number of nitrogens with one attached hydrogen (secondary N) is 2. The summed E-state index contributed by atoms with van der Waals surface area (Å²) in [5, 5.41) is 2.32. The van der Waals surface area contributed by atoms with Crippen LogP contribution in [0.4, 0.5) is 18.9 Å². The Labute approximate surface area is 170 Å². The number of H-pyrrole nitrogens is 1. The van der Waals surface area contributed by atoms with Crippen molar-refractivity contribution in [3.05, 3.63) is 53.3 Å². The van der Waals surface area contributed by atoms with E-state index >= 15 is 0 Å². The summed E-state index contributed by atoms with van der Waals surface area (Å²) in [6.07, 6.45) is -3.08. The van der Waals surface area contributed by atoms with E-state index in [9.17, 15) is 27.6 Å². The summed E-state index contributed by atoms with van der Waals surface area (Å²) in [5.41, 5.74) is -0.440. The van der Waals surface area contributed by atoms with Gasteiger partial charge in [0, 0.05) is 37.9 Å². The molecule has 0 radical (unpaired) electrons. The van der Waals surface area contributed by atoms with Gasteiger partial charge < -0.3 is 15.2 Å². The van der Waals surface area contributed by atoms with Crippen LogP contribution in [-0.2, 0) is 11.0 Å². The maximum absolute atomic E-state index is 13.0. The first kappa shape index (κ1) is 21.6. The molecule has 7 nitrogen and oxygen atoms in total. The van der Waals surface area contributed by atoms with Crippen LogP contribution in [0.25, 0.3) is 0 Å². The fourth-order valence-electron chi connectivity index (χ4n) is 3.23. The van der Waals surface area contributed by atoms with Crippen LogP contribution >= 0.6 is 0 Å². The van der Waals surface area contributed by atoms with E-state index in [-0.39, 0.29) is 23.9 Å². The highest BCUT2D eigenvalue weighted by atomic mass is 19.4. The molecule has 3 rings (SSSR count). The number of Topliss-reactive ketones (excluding diaryl/α,β-unsaturated/α-hetero) is 1. The predicted octanol–water partition coefficient (Wildman–Crippen LogP) is 2.63. The van der Waals surface area contributed by atoms with E-state index in [0.717, 1.165) is 6.07 Å². The van der Waals surface area contributed by atoms with Crippen molar-refractivity contribution in [1.29, 1.82) is 0 Å². The van der Waals surface area contributed by atoms with Gasteiger partial charge in [-0.15, -0.1) is 0 Å². The molecule has 30 heavy (non-hydrogen) atoms. The number of aromatic nitrogens is 1. The van der Waals surface area contributed by atoms with Gasteiger partial charge >= 0.3 is 6.18 Å². The molecule has 1 aliphatic heterocycles. The lowest BCUT2D eigenvalue weighted by atomic mass is 10.1. The number of piperazine rings is 1. The number of rotatable bonds is 5. The van der Waals surface area contributed by atoms with Crippen LogP contribution in [0, 0.1) is 0 Å². The summed E-state index contributed by atoms with van der Waals surface area (Å²) < 4.78 is 39.1. The van der Waals surface area contributed by atoms with E-state index in [1.807, 2.05) is 0 Å². The van der Waals surface area contributed by atoms with Gasteiger partial charge in [0.1, 0.15) is 5.69 Å². The van der Waals surface area contributed by atoms with Crippen molar-refractivity contribution in [2.75, 3.05) is 38.0 Å². The summed E-state index contributed by atoms with van der Waals surface area (Å²) in [4.78, 5) is 42.3. The molecule has 0 atom stereocenters. The minimum atomic E-state index is -4.56. The highest BCUT2D eigenvalue weighted by Crippen LogP contribution is 2.34. The number of alkyl halides is 3. The number of carbonyl (C=O) groups excluding carboxylic acids is 3. The number of carbonyl (C=O) groups is 3. The molecule has 10 heteroatoms. The summed E-state index contributed by atoms with van der Waals surface area (Å²) >= 11 is 0. The maximum atomic E-state index is 13.0. The van der Waals surface area contributed by atoms with E-state index in [4.69, 9.17) is 0 Å². The second-order valence-electron chi connectivity index (χ2n) is 7.02. The third-order valence-electron chi connectivity index (χ3n) is 4.85. The lowest BCUT2D eigenvalue weighted by Crippen LogP contribution is -2.50. The van der Waals surface area contributed by atoms with Crippen molar-refractivity contribution in [1.82, 2.24) is 14.8 Å². The summed E-state index contributed by atoms with van der Waals surface area (Å²) in [7, 11) is 0. The molecule has 2 amide bonds. The van der Waals surface area contributed by atoms with Gasteiger partial charge in [0.15, 0.2) is 5.78 Å². The van der Waals surface area contributed by atoms with Crippen LogP contribution in [0.15, 0.2) is 36.5 Å². The van der Waals surface area contributed by atoms with Crippen molar-refractivity contribution in [3.8, 4) is 0 Å². The van der Waals surface area contributed by atoms with Crippen LogP contribution in [0.3, 0.4) is 0 Å². The molecule has 2 aromatic rings. The molecular weight excluding hydrogens is 401 g/mol. The smallest absolute Gasteiger partial charge is 0.356 e. The lowest BCUT2D eigenvalue weighted by molar-refractivity contribution is -0.137. The highest BCUT2D eigenvalue weighted by molar-refractivity contribution is 5.99. The number of hydrogen-bond acceptors (Lipinski definition) is 4. The van der Waals surface area contributed by atoms with Gasteiger partial charge in [-0.2, -0.15) is 13.2 Å². The number of amides is 2. The van der Waals surface area contributed by atoms with E-state index in [0.29, 0.717) is 37.4 Å². The van der Waals surface area contributed by atoms with Crippen molar-refractivity contribution >= 4 is 23.3 Å². The zero-order valence-corrected chi connectivity index (χ0v) is 16.3. The fraction of sp³-hybridized carbons (Fsp3) is 0.350. The third kappa shape index (κ3) is 5.07. The Morgan fingerprint density at radius 2 is 1.77 bits per heavy atom. The second-order valence-corrected chi connectivity index (χ2v) is 7.02. The van der Waals surface area contributed by atoms with Crippen molar-refractivity contribution in [3.63, 3.8) is 0 Å². The number of ketones is 1. The number of nitrogens with zero attached hydrogens (tertiary/aromatic N) is 2. The fourth-order valence-corrected chi connectivity index (χ4v) is 3.23. The van der Waals surface area contributed by atoms with Crippen molar-refractivity contribution in [2.24, 2.45) is 0 Å². The molecule has 0 saturated carbocycles. The van der Waals surface area contributed by atoms with Crippen LogP contribution in [0.5, 0.6) is 0 Å². The number of para-hydroxylation sites is 1. The zero-order valence-electron chi connectivity index (χ0n) is 16.3. The van der Waals surface area contributed by atoms with E-state index in [1.165, 1.54) is 37.4 Å². The molecule has 0 spiro atoms. The largest absolute Gasteiger partial charge is 0.418 e. The van der Waals surface area contributed by atoms with E-state index in [1.54, 1.807) is 9.80 Å². The minimum Gasteiger partial charge on any atom is -0.356 e. The van der Waals surface area contributed by atoms with Gasteiger partial charge in [-0.25, -0.2) is 0 Å². The summed E-state index contributed by atoms with van der Waals surface area (Å²) in [5.74, 6) is -0.944. The van der Waals surface area contributed by atoms with Crippen LogP contribution in [-0.4, -0.2) is 65.1 Å². The monoisotopic (exact) mass is 422 g/mol. The molecule has 1 saturated heterocycles. The Kier molecular flexibility index (Phi) is 6.25. The quantitative estimate of drug-likeness (QED) is 0.726. The zero-order chi connectivity index (χ0) is 21.9. The van der Waals surface area contributed by atoms with Crippen molar-refractivity contribution in [2.45, 2.75) is 13.1 Å². The lowest BCUT2D eigenvalue weighted by Gasteiger charge is -2.34. The van der Waals surface area contributed by atoms with Gasteiger partial charge in [0.25, 0.3) is 5.91 Å². The number of hydrogen-bond donors (Lipinski definition) is 2. The molecule has 2 N–H and O–H groups in total. The molecule has 160 valence electrons. The first-order chi connectivity index (χ1) is 14.1. The molecule has 2 heterocycles. The van der Waals surface area contributed by atoms with Crippen molar-refractivity contribution < 1.29 is 27.6 Å². The first-order valence-electron chi connectivity index (χ1n) is 9.32. The molecule has 1 aliphatic rings. The second kappa shape index (κ2) is 8.70.